The first-order valence-electron chi connectivity index (χ1n) is 7.24. The molecule has 0 aliphatic carbocycles. The van der Waals surface area contributed by atoms with Gasteiger partial charge in [0.05, 0.1) is 15.5 Å². The summed E-state index contributed by atoms with van der Waals surface area (Å²) in [5, 5.41) is 20.1. The van der Waals surface area contributed by atoms with E-state index in [-0.39, 0.29) is 28.5 Å². The van der Waals surface area contributed by atoms with Crippen molar-refractivity contribution in [1.82, 2.24) is 0 Å². The van der Waals surface area contributed by atoms with Crippen molar-refractivity contribution in [3.05, 3.63) is 74.8 Å². The minimum Gasteiger partial charge on any atom is -0.477 e. The van der Waals surface area contributed by atoms with Crippen molar-refractivity contribution in [2.24, 2.45) is 0 Å². The maximum atomic E-state index is 12.7. The summed E-state index contributed by atoms with van der Waals surface area (Å²) in [5.74, 6) is -1.85. The number of benzene rings is 2. The lowest BCUT2D eigenvalue weighted by Crippen LogP contribution is -2.07. The summed E-state index contributed by atoms with van der Waals surface area (Å²) < 4.78 is 43.4. The molecule has 0 aliphatic heterocycles. The molecular formula is C17H11ClF3NO5. The van der Waals surface area contributed by atoms with Gasteiger partial charge in [0.25, 0.3) is 5.69 Å². The number of nitro benzene ring substituents is 1. The fraction of sp³-hybridized carbons (Fsp3) is 0.118. The average Bonchev–Trinajstić information content (AvgIpc) is 2.55. The molecule has 0 aliphatic rings. The second-order valence-electron chi connectivity index (χ2n) is 5.28. The van der Waals surface area contributed by atoms with Crippen molar-refractivity contribution in [2.45, 2.75) is 12.6 Å². The highest BCUT2D eigenvalue weighted by molar-refractivity contribution is 6.32. The van der Waals surface area contributed by atoms with E-state index < -0.39 is 33.9 Å². The highest BCUT2D eigenvalue weighted by atomic mass is 35.5. The van der Waals surface area contributed by atoms with Crippen LogP contribution in [0.1, 0.15) is 21.5 Å². The molecule has 0 radical (unpaired) electrons. The van der Waals surface area contributed by atoms with Gasteiger partial charge in [-0.3, -0.25) is 10.1 Å². The van der Waals surface area contributed by atoms with Gasteiger partial charge in [-0.1, -0.05) is 17.7 Å². The molecule has 0 amide bonds. The van der Waals surface area contributed by atoms with Gasteiger partial charge in [0.2, 0.25) is 0 Å². The zero-order valence-corrected chi connectivity index (χ0v) is 14.2. The Morgan fingerprint density at radius 3 is 2.48 bits per heavy atom. The number of carbonyl (C=O) groups is 1. The normalized spacial score (nSPS) is 11.1. The highest BCUT2D eigenvalue weighted by Crippen LogP contribution is 2.38. The van der Waals surface area contributed by atoms with Crippen molar-refractivity contribution in [3.8, 4) is 11.5 Å². The molecule has 2 aromatic rings. The van der Waals surface area contributed by atoms with Gasteiger partial charge in [0.1, 0.15) is 17.1 Å². The number of hydrogen-bond donors (Lipinski definition) is 1. The van der Waals surface area contributed by atoms with Gasteiger partial charge in [-0.15, -0.1) is 6.58 Å². The Hall–Kier alpha value is -3.07. The number of nitro groups is 1. The molecule has 2 rings (SSSR count). The first kappa shape index (κ1) is 20.2. The molecule has 0 atom stereocenters. The second-order valence-corrected chi connectivity index (χ2v) is 5.69. The highest BCUT2D eigenvalue weighted by Gasteiger charge is 2.31. The Bertz CT molecular complexity index is 928. The van der Waals surface area contributed by atoms with Crippen LogP contribution in [0.25, 0.3) is 0 Å². The van der Waals surface area contributed by atoms with Crippen LogP contribution in [-0.2, 0) is 12.6 Å². The van der Waals surface area contributed by atoms with E-state index in [9.17, 15) is 33.2 Å². The molecule has 0 bridgehead atoms. The summed E-state index contributed by atoms with van der Waals surface area (Å²) in [6.45, 7) is 3.45. The van der Waals surface area contributed by atoms with Crippen LogP contribution in [0.4, 0.5) is 18.9 Å². The first-order valence-corrected chi connectivity index (χ1v) is 7.62. The van der Waals surface area contributed by atoms with Crippen LogP contribution in [-0.4, -0.2) is 16.0 Å². The average molecular weight is 402 g/mol. The lowest BCUT2D eigenvalue weighted by atomic mass is 10.0. The number of aromatic carboxylic acids is 1. The molecular weight excluding hydrogens is 391 g/mol. The Morgan fingerprint density at radius 1 is 1.33 bits per heavy atom. The molecule has 0 saturated carbocycles. The summed E-state index contributed by atoms with van der Waals surface area (Å²) in [6, 6.07) is 4.49. The number of allylic oxidation sites excluding steroid dienone is 1. The fourth-order valence-electron chi connectivity index (χ4n) is 2.30. The van der Waals surface area contributed by atoms with Gasteiger partial charge in [-0.05, 0) is 30.7 Å². The van der Waals surface area contributed by atoms with E-state index in [1.807, 2.05) is 0 Å². The van der Waals surface area contributed by atoms with E-state index in [0.29, 0.717) is 6.07 Å². The van der Waals surface area contributed by atoms with E-state index in [0.717, 1.165) is 18.2 Å². The topological polar surface area (TPSA) is 89.7 Å². The molecule has 142 valence electrons. The minimum absolute atomic E-state index is 0.0193. The van der Waals surface area contributed by atoms with E-state index in [4.69, 9.17) is 16.3 Å². The van der Waals surface area contributed by atoms with Crippen molar-refractivity contribution in [3.63, 3.8) is 0 Å². The lowest BCUT2D eigenvalue weighted by molar-refractivity contribution is -0.385. The molecule has 10 heteroatoms. The molecule has 0 heterocycles. The zero-order valence-electron chi connectivity index (χ0n) is 13.4. The molecule has 0 aromatic heterocycles. The first-order chi connectivity index (χ1) is 12.5. The molecule has 0 unspecified atom stereocenters. The third-order valence-electron chi connectivity index (χ3n) is 3.43. The van der Waals surface area contributed by atoms with Crippen molar-refractivity contribution < 1.29 is 32.7 Å². The van der Waals surface area contributed by atoms with Crippen molar-refractivity contribution in [1.29, 1.82) is 0 Å². The van der Waals surface area contributed by atoms with Crippen molar-refractivity contribution >= 4 is 23.3 Å². The summed E-state index contributed by atoms with van der Waals surface area (Å²) in [4.78, 5) is 21.8. The fourth-order valence-corrected chi connectivity index (χ4v) is 2.52. The van der Waals surface area contributed by atoms with Crippen LogP contribution in [0.2, 0.25) is 5.02 Å². The van der Waals surface area contributed by atoms with Gasteiger partial charge in [0, 0.05) is 11.6 Å². The smallest absolute Gasteiger partial charge is 0.416 e. The molecule has 0 fully saturated rings. The predicted octanol–water partition coefficient (Wildman–Crippen LogP) is 5.49. The predicted molar refractivity (Wildman–Crippen MR) is 90.5 cm³/mol. The third-order valence-corrected chi connectivity index (χ3v) is 3.72. The third kappa shape index (κ3) is 4.56. The summed E-state index contributed by atoms with van der Waals surface area (Å²) in [6.07, 6.45) is -3.28. The van der Waals surface area contributed by atoms with E-state index >= 15 is 0 Å². The number of nitrogens with zero attached hydrogens (tertiary/aromatic N) is 1. The molecule has 0 spiro atoms. The maximum absolute atomic E-state index is 12.7. The van der Waals surface area contributed by atoms with Gasteiger partial charge in [0.15, 0.2) is 0 Å². The molecule has 0 saturated heterocycles. The summed E-state index contributed by atoms with van der Waals surface area (Å²) in [7, 11) is 0. The number of ether oxygens (including phenoxy) is 1. The number of halogens is 4. The quantitative estimate of drug-likeness (QED) is 0.393. The summed E-state index contributed by atoms with van der Waals surface area (Å²) >= 11 is 5.80. The van der Waals surface area contributed by atoms with E-state index in [1.165, 1.54) is 12.1 Å². The Labute approximate surface area is 155 Å². The molecule has 27 heavy (non-hydrogen) atoms. The largest absolute Gasteiger partial charge is 0.477 e. The Morgan fingerprint density at radius 2 is 2.00 bits per heavy atom. The molecule has 1 N–H and O–H groups in total. The minimum atomic E-state index is -4.59. The van der Waals surface area contributed by atoms with Crippen LogP contribution < -0.4 is 4.74 Å². The monoisotopic (exact) mass is 401 g/mol. The molecule has 2 aromatic carbocycles. The van der Waals surface area contributed by atoms with Gasteiger partial charge in [-0.25, -0.2) is 4.79 Å². The van der Waals surface area contributed by atoms with Crippen LogP contribution in [0.3, 0.4) is 0 Å². The number of carboxylic acids is 1. The SMILES string of the molecule is C=CCc1cc(Oc2ccc(C(F)(F)F)cc2Cl)cc(C(=O)O)c1[N+](=O)[O-]. The van der Waals surface area contributed by atoms with Gasteiger partial charge < -0.3 is 9.84 Å². The number of alkyl halides is 3. The van der Waals surface area contributed by atoms with Gasteiger partial charge in [-0.2, -0.15) is 13.2 Å². The van der Waals surface area contributed by atoms with E-state index in [1.54, 1.807) is 0 Å². The second kappa shape index (κ2) is 7.67. The van der Waals surface area contributed by atoms with Gasteiger partial charge >= 0.3 is 12.1 Å². The van der Waals surface area contributed by atoms with Crippen LogP contribution in [0.5, 0.6) is 11.5 Å². The Kier molecular flexibility index (Phi) is 5.75. The number of carboxylic acid groups (broad SMARTS) is 1. The van der Waals surface area contributed by atoms with Crippen LogP contribution >= 0.6 is 11.6 Å². The standard InChI is InChI=1S/C17H11ClF3NO5/c1-2-3-9-6-11(8-12(16(23)24)15(9)22(25)26)27-14-5-4-10(7-13(14)18)17(19,20)21/h2,4-8H,1,3H2,(H,23,24). The van der Waals surface area contributed by atoms with Crippen LogP contribution in [0.15, 0.2) is 43.0 Å². The lowest BCUT2D eigenvalue weighted by Gasteiger charge is -2.13. The number of hydrogen-bond acceptors (Lipinski definition) is 4. The maximum Gasteiger partial charge on any atom is 0.416 e. The zero-order chi connectivity index (χ0) is 20.4. The van der Waals surface area contributed by atoms with Crippen molar-refractivity contribution in [2.75, 3.05) is 0 Å². The summed E-state index contributed by atoms with van der Waals surface area (Å²) in [5.41, 5.74) is -2.21. The van der Waals surface area contributed by atoms with E-state index in [2.05, 4.69) is 6.58 Å². The van der Waals surface area contributed by atoms with Crippen LogP contribution in [0, 0.1) is 10.1 Å². The number of rotatable bonds is 6. The molecule has 6 nitrogen and oxygen atoms in total. The Balaban J connectivity index is 2.52.